The highest BCUT2D eigenvalue weighted by Gasteiger charge is 2.03. The average Bonchev–Trinajstić information content (AvgIpc) is 2.06. The molecule has 0 spiro atoms. The van der Waals surface area contributed by atoms with Crippen molar-refractivity contribution < 1.29 is 24.1 Å². The zero-order chi connectivity index (χ0) is 9.23. The van der Waals surface area contributed by atoms with Crippen LogP contribution in [0.15, 0.2) is 0 Å². The molecule has 0 aromatic heterocycles. The lowest BCUT2D eigenvalue weighted by atomic mass is 10.4. The van der Waals surface area contributed by atoms with Crippen LogP contribution >= 0.6 is 0 Å². The molecule has 0 aliphatic rings. The summed E-state index contributed by atoms with van der Waals surface area (Å²) in [5, 5.41) is 9.14. The molecule has 0 aromatic carbocycles. The topological polar surface area (TPSA) is 57.2 Å². The van der Waals surface area contributed by atoms with E-state index in [0.717, 1.165) is 0 Å². The van der Waals surface area contributed by atoms with Gasteiger partial charge in [-0.05, 0) is 0 Å². The molecule has 0 atom stereocenters. The molecule has 0 radical (unpaired) electrons. The van der Waals surface area contributed by atoms with Gasteiger partial charge in [0.1, 0.15) is 19.7 Å². The summed E-state index contributed by atoms with van der Waals surface area (Å²) in [6.45, 7) is 0.776. The van der Waals surface area contributed by atoms with Gasteiger partial charge >= 0.3 is 0 Å². The average molecular weight is 212 g/mol. The Kier molecular flexibility index (Phi) is 21.2. The van der Waals surface area contributed by atoms with Crippen molar-refractivity contribution in [2.45, 2.75) is 21.0 Å². The highest BCUT2D eigenvalue weighted by molar-refractivity contribution is 4.49. The van der Waals surface area contributed by atoms with Gasteiger partial charge in [0.2, 0.25) is 0 Å². The summed E-state index contributed by atoms with van der Waals surface area (Å²) in [6, 6.07) is 0. The molecule has 5 nitrogen and oxygen atoms in total. The highest BCUT2D eigenvalue weighted by Crippen LogP contribution is 1.87. The van der Waals surface area contributed by atoms with E-state index in [1.807, 2.05) is 0 Å². The van der Waals surface area contributed by atoms with E-state index in [1.54, 1.807) is 0 Å². The maximum absolute atomic E-state index is 9.14. The lowest BCUT2D eigenvalue weighted by Gasteiger charge is -2.10. The standard InChI is InChI=1S/C7H16O5.2CH4/c1-9-5-11-3-7(8)4-12-6-10-2;;/h7-8H,3-6H2,1-2H3;2*1H4. The molecule has 0 saturated carbocycles. The van der Waals surface area contributed by atoms with Gasteiger partial charge < -0.3 is 24.1 Å². The number of hydrogen-bond acceptors (Lipinski definition) is 5. The third-order valence-corrected chi connectivity index (χ3v) is 1.02. The zero-order valence-electron chi connectivity index (χ0n) is 7.49. The summed E-state index contributed by atoms with van der Waals surface area (Å²) in [4.78, 5) is 0. The maximum atomic E-state index is 9.14. The van der Waals surface area contributed by atoms with Crippen molar-refractivity contribution in [1.82, 2.24) is 0 Å². The van der Waals surface area contributed by atoms with Gasteiger partial charge in [-0.3, -0.25) is 0 Å². The van der Waals surface area contributed by atoms with Gasteiger partial charge in [-0.2, -0.15) is 0 Å². The van der Waals surface area contributed by atoms with E-state index in [2.05, 4.69) is 9.47 Å². The van der Waals surface area contributed by atoms with Gasteiger partial charge in [-0.25, -0.2) is 0 Å². The highest BCUT2D eigenvalue weighted by atomic mass is 16.7. The largest absolute Gasteiger partial charge is 0.388 e. The number of methoxy groups -OCH3 is 2. The third-order valence-electron chi connectivity index (χ3n) is 1.02. The van der Waals surface area contributed by atoms with Gasteiger partial charge in [0.05, 0.1) is 13.2 Å². The Balaban J connectivity index is -0.000000605. The maximum Gasteiger partial charge on any atom is 0.146 e. The van der Waals surface area contributed by atoms with Crippen molar-refractivity contribution in [2.75, 3.05) is 41.0 Å². The number of ether oxygens (including phenoxy) is 4. The summed E-state index contributed by atoms with van der Waals surface area (Å²) < 4.78 is 19.0. The number of hydrogen-bond donors (Lipinski definition) is 1. The van der Waals surface area contributed by atoms with Crippen molar-refractivity contribution in [1.29, 1.82) is 0 Å². The van der Waals surface area contributed by atoms with Gasteiger partial charge in [-0.15, -0.1) is 0 Å². The molecular formula is C9H24O5. The Hall–Kier alpha value is -0.200. The first-order chi connectivity index (χ1) is 5.81. The normalized spacial score (nSPS) is 9.43. The van der Waals surface area contributed by atoms with Crippen LogP contribution in [0.2, 0.25) is 0 Å². The minimum absolute atomic E-state index is 0. The Bertz CT molecular complexity index is 79.3. The summed E-state index contributed by atoms with van der Waals surface area (Å²) >= 11 is 0. The molecule has 5 heteroatoms. The Labute approximate surface area is 86.9 Å². The van der Waals surface area contributed by atoms with Crippen molar-refractivity contribution in [3.05, 3.63) is 0 Å². The number of rotatable bonds is 8. The molecule has 14 heavy (non-hydrogen) atoms. The van der Waals surface area contributed by atoms with E-state index >= 15 is 0 Å². The van der Waals surface area contributed by atoms with Crippen LogP contribution in [-0.2, 0) is 18.9 Å². The van der Waals surface area contributed by atoms with Crippen LogP contribution in [0.4, 0.5) is 0 Å². The summed E-state index contributed by atoms with van der Waals surface area (Å²) in [6.07, 6.45) is -0.629. The lowest BCUT2D eigenvalue weighted by molar-refractivity contribution is -0.101. The molecule has 1 N–H and O–H groups in total. The van der Waals surface area contributed by atoms with Gasteiger partial charge in [0.15, 0.2) is 0 Å². The molecule has 90 valence electrons. The predicted octanol–water partition coefficient (Wildman–Crippen LogP) is 0.861. The lowest BCUT2D eigenvalue weighted by Crippen LogP contribution is -2.22. The minimum atomic E-state index is -0.629. The van der Waals surface area contributed by atoms with Crippen LogP contribution in [0.25, 0.3) is 0 Å². The van der Waals surface area contributed by atoms with Crippen LogP contribution in [0.3, 0.4) is 0 Å². The third kappa shape index (κ3) is 14.3. The summed E-state index contributed by atoms with van der Waals surface area (Å²) in [5.41, 5.74) is 0. The Morgan fingerprint density at radius 3 is 1.57 bits per heavy atom. The second-order valence-corrected chi connectivity index (χ2v) is 2.21. The van der Waals surface area contributed by atoms with Crippen LogP contribution in [-0.4, -0.2) is 52.2 Å². The smallest absolute Gasteiger partial charge is 0.146 e. The van der Waals surface area contributed by atoms with Crippen molar-refractivity contribution >= 4 is 0 Å². The van der Waals surface area contributed by atoms with Crippen LogP contribution < -0.4 is 0 Å². The summed E-state index contributed by atoms with van der Waals surface area (Å²) in [7, 11) is 3.04. The first-order valence-electron chi connectivity index (χ1n) is 3.62. The Morgan fingerprint density at radius 2 is 1.29 bits per heavy atom. The van der Waals surface area contributed by atoms with Gasteiger partial charge in [0.25, 0.3) is 0 Å². The van der Waals surface area contributed by atoms with Crippen LogP contribution in [0.5, 0.6) is 0 Å². The molecule has 0 amide bonds. The van der Waals surface area contributed by atoms with E-state index in [-0.39, 0.29) is 41.7 Å². The first-order valence-corrected chi connectivity index (χ1v) is 3.62. The molecule has 0 saturated heterocycles. The molecule has 0 fully saturated rings. The van der Waals surface area contributed by atoms with E-state index in [0.29, 0.717) is 0 Å². The second kappa shape index (κ2) is 15.3. The SMILES string of the molecule is C.C.COCOCC(O)COCOC. The van der Waals surface area contributed by atoms with E-state index in [9.17, 15) is 0 Å². The number of aliphatic hydroxyl groups excluding tert-OH is 1. The predicted molar refractivity (Wildman–Crippen MR) is 55.1 cm³/mol. The molecule has 0 unspecified atom stereocenters. The molecular weight excluding hydrogens is 188 g/mol. The minimum Gasteiger partial charge on any atom is -0.388 e. The second-order valence-electron chi connectivity index (χ2n) is 2.21. The van der Waals surface area contributed by atoms with Crippen molar-refractivity contribution in [3.8, 4) is 0 Å². The fraction of sp³-hybridized carbons (Fsp3) is 1.00. The van der Waals surface area contributed by atoms with E-state index in [1.165, 1.54) is 14.2 Å². The molecule has 0 aliphatic carbocycles. The van der Waals surface area contributed by atoms with Crippen molar-refractivity contribution in [3.63, 3.8) is 0 Å². The fourth-order valence-corrected chi connectivity index (χ4v) is 0.583. The van der Waals surface area contributed by atoms with E-state index < -0.39 is 6.10 Å². The monoisotopic (exact) mass is 212 g/mol. The zero-order valence-corrected chi connectivity index (χ0v) is 7.49. The fourth-order valence-electron chi connectivity index (χ4n) is 0.583. The molecule has 0 aliphatic heterocycles. The first kappa shape index (κ1) is 19.4. The molecule has 0 bridgehead atoms. The van der Waals surface area contributed by atoms with Crippen LogP contribution in [0.1, 0.15) is 14.9 Å². The molecule has 0 aromatic rings. The van der Waals surface area contributed by atoms with Crippen LogP contribution in [0, 0.1) is 0 Å². The van der Waals surface area contributed by atoms with E-state index in [4.69, 9.17) is 14.6 Å². The van der Waals surface area contributed by atoms with Gasteiger partial charge in [0, 0.05) is 14.2 Å². The van der Waals surface area contributed by atoms with Crippen molar-refractivity contribution in [2.24, 2.45) is 0 Å². The summed E-state index contributed by atoms with van der Waals surface area (Å²) in [5.74, 6) is 0. The van der Waals surface area contributed by atoms with Gasteiger partial charge in [-0.1, -0.05) is 14.9 Å². The number of aliphatic hydroxyl groups is 1. The molecule has 0 rings (SSSR count). The quantitative estimate of drug-likeness (QED) is 0.477. The Morgan fingerprint density at radius 1 is 0.929 bits per heavy atom. The molecule has 0 heterocycles.